The number of nitrogens with zero attached hydrogens (tertiary/aromatic N) is 1. The van der Waals surface area contributed by atoms with E-state index in [0.717, 1.165) is 0 Å². The van der Waals surface area contributed by atoms with Gasteiger partial charge in [0.05, 0.1) is 0 Å². The van der Waals surface area contributed by atoms with Gasteiger partial charge in [-0.25, -0.2) is 0 Å². The molecule has 1 heteroatoms. The highest BCUT2D eigenvalue weighted by Crippen LogP contribution is 2.26. The molecular formula is C24H41N. The molecule has 25 heavy (non-hydrogen) atoms. The molecule has 1 heterocycles. The van der Waals surface area contributed by atoms with Crippen molar-refractivity contribution in [2.24, 2.45) is 7.05 Å². The monoisotopic (exact) mass is 343 g/mol. The summed E-state index contributed by atoms with van der Waals surface area (Å²) in [5.74, 6) is 0. The highest BCUT2D eigenvalue weighted by Gasteiger charge is 2.04. The number of hydrogen-bond donors (Lipinski definition) is 0. The lowest BCUT2D eigenvalue weighted by Crippen LogP contribution is -1.84. The Morgan fingerprint density at radius 2 is 0.880 bits per heavy atom. The van der Waals surface area contributed by atoms with E-state index in [4.69, 9.17) is 0 Å². The number of allylic oxidation sites excluding steroid dienone is 1. The Labute approximate surface area is 157 Å². The predicted octanol–water partition coefficient (Wildman–Crippen LogP) is 8.63. The van der Waals surface area contributed by atoms with Crippen LogP contribution in [0.15, 0.2) is 61.2 Å². The van der Waals surface area contributed by atoms with Gasteiger partial charge in [0, 0.05) is 28.9 Å². The van der Waals surface area contributed by atoms with Crippen LogP contribution in [0.3, 0.4) is 0 Å². The van der Waals surface area contributed by atoms with Crippen LogP contribution in [0.25, 0.3) is 21.8 Å². The van der Waals surface area contributed by atoms with Crippen LogP contribution in [0.4, 0.5) is 0 Å². The summed E-state index contributed by atoms with van der Waals surface area (Å²) in [6.45, 7) is 21.2. The summed E-state index contributed by atoms with van der Waals surface area (Å²) < 4.78 is 2.24. The smallest absolute Gasteiger partial charge is 0.0488 e. The number of hydrogen-bond acceptors (Lipinski definition) is 0. The summed E-state index contributed by atoms with van der Waals surface area (Å²) in [6.07, 6.45) is 1.75. The number of para-hydroxylation sites is 2. The van der Waals surface area contributed by atoms with Crippen molar-refractivity contribution < 1.29 is 0 Å². The van der Waals surface area contributed by atoms with E-state index in [-0.39, 0.29) is 0 Å². The molecule has 0 saturated carbocycles. The van der Waals surface area contributed by atoms with E-state index in [1.807, 2.05) is 62.3 Å². The zero-order valence-corrected chi connectivity index (χ0v) is 18.4. The highest BCUT2D eigenvalue weighted by molar-refractivity contribution is 6.07. The Morgan fingerprint density at radius 3 is 1.16 bits per heavy atom. The summed E-state index contributed by atoms with van der Waals surface area (Å²) in [4.78, 5) is 0. The minimum absolute atomic E-state index is 1.30. The summed E-state index contributed by atoms with van der Waals surface area (Å²) >= 11 is 0. The van der Waals surface area contributed by atoms with Crippen LogP contribution in [-0.2, 0) is 7.05 Å². The number of benzene rings is 2. The van der Waals surface area contributed by atoms with Crippen molar-refractivity contribution in [1.82, 2.24) is 4.57 Å². The molecule has 0 unspecified atom stereocenters. The first-order chi connectivity index (χ1) is 12.3. The molecule has 0 N–H and O–H groups in total. The molecule has 2 aromatic carbocycles. The van der Waals surface area contributed by atoms with Gasteiger partial charge in [0.1, 0.15) is 0 Å². The number of aromatic nitrogens is 1. The Morgan fingerprint density at radius 1 is 0.640 bits per heavy atom. The molecule has 1 aromatic heterocycles. The van der Waals surface area contributed by atoms with Crippen molar-refractivity contribution in [3.05, 3.63) is 61.2 Å². The molecule has 0 aliphatic heterocycles. The van der Waals surface area contributed by atoms with E-state index in [0.29, 0.717) is 0 Å². The topological polar surface area (TPSA) is 4.93 Å². The maximum Gasteiger partial charge on any atom is 0.0488 e. The molecule has 3 rings (SSSR count). The normalized spacial score (nSPS) is 7.76. The van der Waals surface area contributed by atoms with Crippen molar-refractivity contribution in [2.75, 3.05) is 0 Å². The fourth-order valence-corrected chi connectivity index (χ4v) is 2.12. The Balaban J connectivity index is -0.000000378. The van der Waals surface area contributed by atoms with Crippen molar-refractivity contribution >= 4 is 21.8 Å². The maximum atomic E-state index is 3.36. The average Bonchev–Trinajstić information content (AvgIpc) is 3.02. The zero-order valence-electron chi connectivity index (χ0n) is 18.4. The SMILES string of the molecule is C=CC.CC.CC.CC.CC.Cn1c2ccccc2c2ccccc21. The summed E-state index contributed by atoms with van der Waals surface area (Å²) in [5.41, 5.74) is 2.60. The van der Waals surface area contributed by atoms with Crippen LogP contribution >= 0.6 is 0 Å². The molecule has 0 saturated heterocycles. The zero-order chi connectivity index (χ0) is 20.3. The molecule has 0 radical (unpaired) electrons. The molecular weight excluding hydrogens is 302 g/mol. The van der Waals surface area contributed by atoms with Gasteiger partial charge in [-0.1, -0.05) is 97.9 Å². The minimum Gasteiger partial charge on any atom is -0.344 e. The van der Waals surface area contributed by atoms with Crippen LogP contribution < -0.4 is 0 Å². The first-order valence-electron chi connectivity index (χ1n) is 9.78. The maximum absolute atomic E-state index is 3.36. The van der Waals surface area contributed by atoms with Crippen molar-refractivity contribution in [2.45, 2.75) is 62.3 Å². The molecule has 0 aliphatic carbocycles. The predicted molar refractivity (Wildman–Crippen MR) is 122 cm³/mol. The van der Waals surface area contributed by atoms with E-state index < -0.39 is 0 Å². The van der Waals surface area contributed by atoms with Crippen molar-refractivity contribution in [3.8, 4) is 0 Å². The average molecular weight is 344 g/mol. The van der Waals surface area contributed by atoms with Gasteiger partial charge in [0.15, 0.2) is 0 Å². The summed E-state index contributed by atoms with van der Waals surface area (Å²) in [5, 5.41) is 2.68. The van der Waals surface area contributed by atoms with Gasteiger partial charge >= 0.3 is 0 Å². The van der Waals surface area contributed by atoms with Gasteiger partial charge in [-0.05, 0) is 19.1 Å². The quantitative estimate of drug-likeness (QED) is 0.360. The van der Waals surface area contributed by atoms with Crippen LogP contribution in [0.2, 0.25) is 0 Å². The lowest BCUT2D eigenvalue weighted by atomic mass is 10.2. The van der Waals surface area contributed by atoms with Gasteiger partial charge in [-0.3, -0.25) is 0 Å². The first kappa shape index (κ1) is 27.8. The Bertz CT molecular complexity index is 594. The third-order valence-electron chi connectivity index (χ3n) is 2.82. The van der Waals surface area contributed by atoms with Gasteiger partial charge in [0.25, 0.3) is 0 Å². The second-order valence-electron chi connectivity index (χ2n) is 4.00. The van der Waals surface area contributed by atoms with Gasteiger partial charge < -0.3 is 4.57 Å². The molecule has 0 atom stereocenters. The van der Waals surface area contributed by atoms with Crippen molar-refractivity contribution in [1.29, 1.82) is 0 Å². The number of aryl methyl sites for hydroxylation is 1. The van der Waals surface area contributed by atoms with Crippen LogP contribution in [0.1, 0.15) is 62.3 Å². The largest absolute Gasteiger partial charge is 0.344 e. The lowest BCUT2D eigenvalue weighted by molar-refractivity contribution is 1.01. The van der Waals surface area contributed by atoms with Crippen LogP contribution in [-0.4, -0.2) is 4.57 Å². The number of fused-ring (bicyclic) bond motifs is 3. The van der Waals surface area contributed by atoms with Gasteiger partial charge in [-0.2, -0.15) is 0 Å². The van der Waals surface area contributed by atoms with Crippen molar-refractivity contribution in [3.63, 3.8) is 0 Å². The molecule has 0 amide bonds. The lowest BCUT2D eigenvalue weighted by Gasteiger charge is -1.95. The molecule has 0 fully saturated rings. The van der Waals surface area contributed by atoms with E-state index in [9.17, 15) is 0 Å². The molecule has 0 aliphatic rings. The standard InChI is InChI=1S/C13H11N.C3H6.4C2H6/c1-14-12-8-4-2-6-10(12)11-7-3-5-9-13(11)14;1-3-2;4*1-2/h2-9H,1H3;3H,1H2,2H3;4*1-2H3. The first-order valence-corrected chi connectivity index (χ1v) is 9.78. The van der Waals surface area contributed by atoms with Gasteiger partial charge in [0.2, 0.25) is 0 Å². The summed E-state index contributed by atoms with van der Waals surface area (Å²) in [6, 6.07) is 17.0. The third kappa shape index (κ3) is 8.58. The van der Waals surface area contributed by atoms with Crippen LogP contribution in [0, 0.1) is 0 Å². The van der Waals surface area contributed by atoms with Gasteiger partial charge in [-0.15, -0.1) is 6.58 Å². The number of rotatable bonds is 0. The highest BCUT2D eigenvalue weighted by atomic mass is 14.9. The molecule has 0 bridgehead atoms. The minimum atomic E-state index is 1.30. The molecule has 1 nitrogen and oxygen atoms in total. The Kier molecular flexibility index (Phi) is 22.3. The van der Waals surface area contributed by atoms with Crippen LogP contribution in [0.5, 0.6) is 0 Å². The second-order valence-corrected chi connectivity index (χ2v) is 4.00. The van der Waals surface area contributed by atoms with E-state index in [2.05, 4.69) is 66.7 Å². The second kappa shape index (κ2) is 20.0. The molecule has 3 aromatic rings. The van der Waals surface area contributed by atoms with E-state index >= 15 is 0 Å². The molecule has 142 valence electrons. The van der Waals surface area contributed by atoms with E-state index in [1.165, 1.54) is 21.8 Å². The third-order valence-corrected chi connectivity index (χ3v) is 2.82. The fraction of sp³-hybridized carbons (Fsp3) is 0.417. The fourth-order valence-electron chi connectivity index (χ4n) is 2.12. The van der Waals surface area contributed by atoms with E-state index in [1.54, 1.807) is 6.08 Å². The summed E-state index contributed by atoms with van der Waals surface area (Å²) in [7, 11) is 2.12. The Hall–Kier alpha value is -2.02. The molecule has 0 spiro atoms.